The molecule has 3 aromatic heterocycles. The van der Waals surface area contributed by atoms with Crippen molar-refractivity contribution in [1.29, 1.82) is 0 Å². The van der Waals surface area contributed by atoms with Gasteiger partial charge in [-0.15, -0.1) is 0 Å². The molecular weight excluding hydrogens is 411 g/mol. The molecule has 166 valence electrons. The van der Waals surface area contributed by atoms with Gasteiger partial charge in [0.05, 0.1) is 30.1 Å². The highest BCUT2D eigenvalue weighted by Crippen LogP contribution is 2.31. The third-order valence-electron chi connectivity index (χ3n) is 5.80. The second-order valence-corrected chi connectivity index (χ2v) is 8.12. The summed E-state index contributed by atoms with van der Waals surface area (Å²) in [5.74, 6) is -0.829. The van der Waals surface area contributed by atoms with E-state index in [0.717, 1.165) is 37.0 Å². The first-order valence-electron chi connectivity index (χ1n) is 10.7. The molecule has 4 heterocycles. The van der Waals surface area contributed by atoms with Crippen LogP contribution in [0.4, 0.5) is 15.8 Å². The molecule has 1 aliphatic heterocycles. The van der Waals surface area contributed by atoms with Gasteiger partial charge in [0.15, 0.2) is 11.5 Å². The zero-order valence-corrected chi connectivity index (χ0v) is 18.1. The smallest absolute Gasteiger partial charge is 0.257 e. The topological polar surface area (TPSA) is 76.7 Å². The number of carbonyl (C=O) groups excluding carboxylic acids is 1. The van der Waals surface area contributed by atoms with Crippen LogP contribution in [-0.4, -0.2) is 51.9 Å². The Balaban J connectivity index is 1.52. The third-order valence-corrected chi connectivity index (χ3v) is 5.80. The van der Waals surface area contributed by atoms with E-state index in [1.54, 1.807) is 36.9 Å². The van der Waals surface area contributed by atoms with Crippen molar-refractivity contribution in [3.8, 4) is 0 Å². The molecule has 32 heavy (non-hydrogen) atoms. The zero-order chi connectivity index (χ0) is 22.2. The number of methoxy groups -OCH3 is 1. The van der Waals surface area contributed by atoms with Crippen LogP contribution in [0, 0.1) is 12.7 Å². The first kappa shape index (κ1) is 20.4. The number of aromatic nitrogens is 4. The maximum Gasteiger partial charge on any atom is 0.257 e. The highest BCUT2D eigenvalue weighted by Gasteiger charge is 2.21. The summed E-state index contributed by atoms with van der Waals surface area (Å²) in [4.78, 5) is 19.7. The van der Waals surface area contributed by atoms with Gasteiger partial charge in [0, 0.05) is 55.9 Å². The van der Waals surface area contributed by atoms with Crippen molar-refractivity contribution in [2.75, 3.05) is 37.0 Å². The number of fused-ring (bicyclic) bond motifs is 2. The van der Waals surface area contributed by atoms with Crippen LogP contribution in [0.25, 0.3) is 16.6 Å². The van der Waals surface area contributed by atoms with Gasteiger partial charge < -0.3 is 19.4 Å². The molecule has 0 saturated carbocycles. The van der Waals surface area contributed by atoms with E-state index < -0.39 is 5.82 Å². The first-order chi connectivity index (χ1) is 15.5. The van der Waals surface area contributed by atoms with E-state index >= 15 is 0 Å². The molecule has 1 aliphatic rings. The number of benzene rings is 1. The van der Waals surface area contributed by atoms with Crippen molar-refractivity contribution >= 4 is 33.8 Å². The average Bonchev–Trinajstić information content (AvgIpc) is 3.50. The molecule has 0 spiro atoms. The number of pyridine rings is 1. The van der Waals surface area contributed by atoms with Gasteiger partial charge in [-0.1, -0.05) is 0 Å². The van der Waals surface area contributed by atoms with E-state index in [2.05, 4.69) is 20.3 Å². The van der Waals surface area contributed by atoms with Crippen molar-refractivity contribution in [3.05, 3.63) is 53.9 Å². The molecular formula is C23H25FN6O2. The largest absolute Gasteiger partial charge is 0.383 e. The Morgan fingerprint density at radius 2 is 2.03 bits per heavy atom. The predicted octanol–water partition coefficient (Wildman–Crippen LogP) is 3.63. The van der Waals surface area contributed by atoms with Gasteiger partial charge >= 0.3 is 0 Å². The summed E-state index contributed by atoms with van der Waals surface area (Å²) < 4.78 is 23.0. The highest BCUT2D eigenvalue weighted by atomic mass is 19.1. The lowest BCUT2D eigenvalue weighted by Gasteiger charge is -2.19. The molecule has 0 bridgehead atoms. The first-order valence-corrected chi connectivity index (χ1v) is 10.7. The number of ether oxygens (including phenoxy) is 1. The lowest BCUT2D eigenvalue weighted by molar-refractivity contribution is 0.102. The monoisotopic (exact) mass is 436 g/mol. The van der Waals surface area contributed by atoms with Gasteiger partial charge in [-0.2, -0.15) is 5.10 Å². The number of hydrogen-bond donors (Lipinski definition) is 1. The summed E-state index contributed by atoms with van der Waals surface area (Å²) in [5, 5.41) is 8.43. The Morgan fingerprint density at radius 3 is 2.81 bits per heavy atom. The van der Waals surface area contributed by atoms with Crippen molar-refractivity contribution < 1.29 is 13.9 Å². The Hall–Kier alpha value is -3.46. The molecule has 1 aromatic carbocycles. The van der Waals surface area contributed by atoms with Gasteiger partial charge in [0.1, 0.15) is 5.52 Å². The van der Waals surface area contributed by atoms with Gasteiger partial charge in [0.25, 0.3) is 5.91 Å². The van der Waals surface area contributed by atoms with Crippen LogP contribution in [-0.2, 0) is 11.3 Å². The van der Waals surface area contributed by atoms with Crippen LogP contribution < -0.4 is 10.2 Å². The van der Waals surface area contributed by atoms with Crippen LogP contribution in [0.3, 0.4) is 0 Å². The van der Waals surface area contributed by atoms with E-state index in [-0.39, 0.29) is 11.6 Å². The van der Waals surface area contributed by atoms with Crippen molar-refractivity contribution in [2.24, 2.45) is 0 Å². The van der Waals surface area contributed by atoms with E-state index in [0.29, 0.717) is 35.6 Å². The molecule has 1 N–H and O–H groups in total. The number of nitrogens with zero attached hydrogens (tertiary/aromatic N) is 5. The fraction of sp³-hybridized carbons (Fsp3) is 0.348. The fourth-order valence-electron chi connectivity index (χ4n) is 4.30. The predicted molar refractivity (Wildman–Crippen MR) is 121 cm³/mol. The number of anilines is 2. The summed E-state index contributed by atoms with van der Waals surface area (Å²) in [6.07, 6.45) is 7.66. The molecule has 4 aromatic rings. The number of nitrogens with one attached hydrogen (secondary N) is 1. The highest BCUT2D eigenvalue weighted by molar-refractivity contribution is 6.13. The van der Waals surface area contributed by atoms with Crippen LogP contribution >= 0.6 is 0 Å². The maximum atomic E-state index is 14.4. The summed E-state index contributed by atoms with van der Waals surface area (Å²) >= 11 is 0. The molecule has 0 aliphatic carbocycles. The molecule has 1 amide bonds. The second-order valence-electron chi connectivity index (χ2n) is 8.12. The molecule has 0 atom stereocenters. The zero-order valence-electron chi connectivity index (χ0n) is 18.1. The van der Waals surface area contributed by atoms with Crippen molar-refractivity contribution in [2.45, 2.75) is 26.3 Å². The Morgan fingerprint density at radius 1 is 1.22 bits per heavy atom. The lowest BCUT2D eigenvalue weighted by atomic mass is 10.1. The summed E-state index contributed by atoms with van der Waals surface area (Å²) in [6, 6.07) is 5.07. The molecule has 0 radical (unpaired) electrons. The van der Waals surface area contributed by atoms with Crippen LogP contribution in [0.2, 0.25) is 0 Å². The quantitative estimate of drug-likeness (QED) is 0.500. The Kier molecular flexibility index (Phi) is 5.26. The molecule has 5 rings (SSSR count). The van der Waals surface area contributed by atoms with Crippen molar-refractivity contribution in [3.63, 3.8) is 0 Å². The number of amides is 1. The Bertz CT molecular complexity index is 1310. The van der Waals surface area contributed by atoms with Gasteiger partial charge in [-0.05, 0) is 31.9 Å². The minimum atomic E-state index is -0.491. The minimum Gasteiger partial charge on any atom is -0.383 e. The summed E-state index contributed by atoms with van der Waals surface area (Å²) in [6.45, 7) is 4.90. The number of hydrogen-bond acceptors (Lipinski definition) is 5. The summed E-state index contributed by atoms with van der Waals surface area (Å²) in [7, 11) is 1.65. The van der Waals surface area contributed by atoms with Crippen molar-refractivity contribution in [1.82, 2.24) is 19.2 Å². The lowest BCUT2D eigenvalue weighted by Crippen LogP contribution is -2.19. The van der Waals surface area contributed by atoms with Crippen LogP contribution in [0.15, 0.2) is 36.8 Å². The molecule has 9 heteroatoms. The molecule has 1 saturated heterocycles. The average molecular weight is 436 g/mol. The number of imidazole rings is 1. The Labute approximate surface area is 184 Å². The molecule has 1 fully saturated rings. The molecule has 0 unspecified atom stereocenters. The van der Waals surface area contributed by atoms with E-state index in [1.807, 2.05) is 16.9 Å². The number of rotatable bonds is 6. The normalized spacial score (nSPS) is 14.0. The van der Waals surface area contributed by atoms with E-state index in [1.165, 1.54) is 6.07 Å². The standard InChI is InChI=1S/C23H25FN6O2/c1-15-12-29-13-16(11-19(24)22(29)25-15)26-23(31)17-5-6-20(28-7-3-4-8-28)18-14-30(9-10-32-2)27-21(17)18/h5-6,11-14H,3-4,7-10H2,1-2H3,(H,26,31). The van der Waals surface area contributed by atoms with Crippen LogP contribution in [0.5, 0.6) is 0 Å². The second kappa shape index (κ2) is 8.23. The van der Waals surface area contributed by atoms with Gasteiger partial charge in [0.2, 0.25) is 0 Å². The van der Waals surface area contributed by atoms with Gasteiger partial charge in [-0.25, -0.2) is 9.37 Å². The fourth-order valence-corrected chi connectivity index (χ4v) is 4.30. The molecule has 8 nitrogen and oxygen atoms in total. The maximum absolute atomic E-state index is 14.4. The third kappa shape index (κ3) is 3.69. The van der Waals surface area contributed by atoms with E-state index in [9.17, 15) is 9.18 Å². The number of carbonyl (C=O) groups is 1. The van der Waals surface area contributed by atoms with Crippen LogP contribution in [0.1, 0.15) is 28.9 Å². The number of halogens is 1. The van der Waals surface area contributed by atoms with Gasteiger partial charge in [-0.3, -0.25) is 9.48 Å². The SMILES string of the molecule is COCCn1cc2c(N3CCCC3)ccc(C(=O)Nc3cc(F)c4nc(C)cn4c3)c2n1. The number of aryl methyl sites for hydroxylation is 1. The van der Waals surface area contributed by atoms with E-state index in [4.69, 9.17) is 4.74 Å². The minimum absolute atomic E-state index is 0.231. The summed E-state index contributed by atoms with van der Waals surface area (Å²) in [5.41, 5.74) is 3.44.